The minimum atomic E-state index is -0.138. The summed E-state index contributed by atoms with van der Waals surface area (Å²) in [4.78, 5) is 11.7. The second kappa shape index (κ2) is 7.76. The molecular weight excluding hydrogens is 330 g/mol. The van der Waals surface area contributed by atoms with Crippen molar-refractivity contribution in [1.82, 2.24) is 5.32 Å². The Morgan fingerprint density at radius 3 is 2.52 bits per heavy atom. The maximum absolute atomic E-state index is 11.7. The van der Waals surface area contributed by atoms with Gasteiger partial charge in [-0.2, -0.15) is 0 Å². The monoisotopic (exact) mass is 345 g/mol. The molecule has 2 aromatic rings. The third kappa shape index (κ3) is 5.17. The molecule has 2 N–H and O–H groups in total. The largest absolute Gasteiger partial charge is 0.392 e. The van der Waals surface area contributed by atoms with E-state index in [4.69, 9.17) is 5.11 Å². The predicted octanol–water partition coefficient (Wildman–Crippen LogP) is 3.27. The smallest absolute Gasteiger partial charge is 0.244 e. The van der Waals surface area contributed by atoms with E-state index < -0.39 is 0 Å². The van der Waals surface area contributed by atoms with Gasteiger partial charge in [0.2, 0.25) is 5.91 Å². The fourth-order valence-electron chi connectivity index (χ4n) is 1.79. The summed E-state index contributed by atoms with van der Waals surface area (Å²) in [5, 5.41) is 11.8. The van der Waals surface area contributed by atoms with Crippen LogP contribution in [0.1, 0.15) is 16.7 Å². The summed E-state index contributed by atoms with van der Waals surface area (Å²) in [7, 11) is 0. The van der Waals surface area contributed by atoms with Gasteiger partial charge in [0.1, 0.15) is 0 Å². The molecule has 108 valence electrons. The molecule has 0 aliphatic heterocycles. The number of aliphatic hydroxyl groups excluding tert-OH is 1. The van der Waals surface area contributed by atoms with Crippen LogP contribution in [0.2, 0.25) is 0 Å². The highest BCUT2D eigenvalue weighted by atomic mass is 79.9. The van der Waals surface area contributed by atoms with Gasteiger partial charge >= 0.3 is 0 Å². The number of carbonyl (C=O) groups is 1. The van der Waals surface area contributed by atoms with E-state index in [0.29, 0.717) is 6.54 Å². The van der Waals surface area contributed by atoms with E-state index in [0.717, 1.165) is 21.2 Å². The quantitative estimate of drug-likeness (QED) is 0.817. The molecule has 1 amide bonds. The van der Waals surface area contributed by atoms with Crippen molar-refractivity contribution in [3.05, 3.63) is 75.8 Å². The van der Waals surface area contributed by atoms with Gasteiger partial charge in [0.05, 0.1) is 6.61 Å². The van der Waals surface area contributed by atoms with E-state index >= 15 is 0 Å². The van der Waals surface area contributed by atoms with Gasteiger partial charge in [0.15, 0.2) is 0 Å². The van der Waals surface area contributed by atoms with Gasteiger partial charge < -0.3 is 10.4 Å². The molecule has 0 unspecified atom stereocenters. The number of rotatable bonds is 5. The van der Waals surface area contributed by atoms with Crippen LogP contribution in [-0.2, 0) is 17.9 Å². The Morgan fingerprint density at radius 1 is 1.14 bits per heavy atom. The lowest BCUT2D eigenvalue weighted by Gasteiger charge is -2.03. The molecule has 0 spiro atoms. The molecule has 0 aliphatic carbocycles. The number of benzene rings is 2. The van der Waals surface area contributed by atoms with Crippen molar-refractivity contribution in [3.8, 4) is 0 Å². The van der Waals surface area contributed by atoms with E-state index in [1.165, 1.54) is 6.08 Å². The molecule has 21 heavy (non-hydrogen) atoms. The Hall–Kier alpha value is -1.91. The number of amides is 1. The Labute approximate surface area is 132 Å². The first-order chi connectivity index (χ1) is 10.2. The lowest BCUT2D eigenvalue weighted by molar-refractivity contribution is -0.116. The van der Waals surface area contributed by atoms with Gasteiger partial charge in [-0.15, -0.1) is 0 Å². The second-order valence-corrected chi connectivity index (χ2v) is 5.50. The topological polar surface area (TPSA) is 49.3 Å². The highest BCUT2D eigenvalue weighted by Gasteiger charge is 1.98. The zero-order valence-electron chi connectivity index (χ0n) is 11.4. The van der Waals surface area contributed by atoms with Gasteiger partial charge in [-0.05, 0) is 34.9 Å². The van der Waals surface area contributed by atoms with Crippen molar-refractivity contribution in [2.75, 3.05) is 0 Å². The van der Waals surface area contributed by atoms with Crippen LogP contribution >= 0.6 is 15.9 Å². The number of nitrogens with one attached hydrogen (secondary N) is 1. The van der Waals surface area contributed by atoms with E-state index in [1.807, 2.05) is 48.5 Å². The maximum Gasteiger partial charge on any atom is 0.244 e. The Bertz CT molecular complexity index is 635. The first-order valence-electron chi connectivity index (χ1n) is 6.57. The van der Waals surface area contributed by atoms with Crippen LogP contribution in [0, 0.1) is 0 Å². The minimum absolute atomic E-state index is 0.0298. The van der Waals surface area contributed by atoms with Gasteiger partial charge in [-0.3, -0.25) is 4.79 Å². The zero-order chi connectivity index (χ0) is 15.1. The third-order valence-corrected chi connectivity index (χ3v) is 3.44. The molecule has 0 bridgehead atoms. The number of hydrogen-bond acceptors (Lipinski definition) is 2. The van der Waals surface area contributed by atoms with Gasteiger partial charge in [-0.25, -0.2) is 0 Å². The molecule has 0 fully saturated rings. The van der Waals surface area contributed by atoms with Crippen LogP contribution in [0.5, 0.6) is 0 Å². The Morgan fingerprint density at radius 2 is 1.86 bits per heavy atom. The molecule has 0 aromatic heterocycles. The third-order valence-electron chi connectivity index (χ3n) is 2.95. The van der Waals surface area contributed by atoms with Crippen LogP contribution in [-0.4, -0.2) is 11.0 Å². The van der Waals surface area contributed by atoms with E-state index in [-0.39, 0.29) is 12.5 Å². The molecule has 0 heterocycles. The average Bonchev–Trinajstić information content (AvgIpc) is 2.51. The number of hydrogen-bond donors (Lipinski definition) is 2. The number of aliphatic hydroxyl groups is 1. The van der Waals surface area contributed by atoms with Gasteiger partial charge in [0.25, 0.3) is 0 Å². The van der Waals surface area contributed by atoms with Crippen LogP contribution in [0.25, 0.3) is 6.08 Å². The fraction of sp³-hybridized carbons (Fsp3) is 0.118. The van der Waals surface area contributed by atoms with Crippen molar-refractivity contribution < 1.29 is 9.90 Å². The summed E-state index contributed by atoms with van der Waals surface area (Å²) in [5.41, 5.74) is 2.82. The highest BCUT2D eigenvalue weighted by molar-refractivity contribution is 9.10. The first kappa shape index (κ1) is 15.5. The molecular formula is C17H16BrNO2. The van der Waals surface area contributed by atoms with Crippen molar-refractivity contribution in [3.63, 3.8) is 0 Å². The predicted molar refractivity (Wildman–Crippen MR) is 87.4 cm³/mol. The van der Waals surface area contributed by atoms with Crippen LogP contribution in [0.15, 0.2) is 59.1 Å². The summed E-state index contributed by atoms with van der Waals surface area (Å²) in [6.45, 7) is 0.495. The highest BCUT2D eigenvalue weighted by Crippen LogP contribution is 2.12. The van der Waals surface area contributed by atoms with Crippen molar-refractivity contribution in [2.45, 2.75) is 13.2 Å². The summed E-state index contributed by atoms with van der Waals surface area (Å²) < 4.78 is 0.981. The van der Waals surface area contributed by atoms with Crippen LogP contribution in [0.3, 0.4) is 0 Å². The molecule has 2 aromatic carbocycles. The van der Waals surface area contributed by atoms with Crippen molar-refractivity contribution >= 4 is 27.9 Å². The molecule has 2 rings (SSSR count). The van der Waals surface area contributed by atoms with E-state index in [2.05, 4.69) is 21.2 Å². The minimum Gasteiger partial charge on any atom is -0.392 e. The molecule has 0 atom stereocenters. The summed E-state index contributed by atoms with van der Waals surface area (Å²) >= 11 is 3.39. The van der Waals surface area contributed by atoms with Crippen LogP contribution < -0.4 is 5.32 Å². The summed E-state index contributed by atoms with van der Waals surface area (Å²) in [5.74, 6) is -0.138. The molecule has 4 heteroatoms. The van der Waals surface area contributed by atoms with Crippen molar-refractivity contribution in [1.29, 1.82) is 0 Å². The standard InChI is InChI=1S/C17H16BrNO2/c18-16-3-1-2-13(10-16)8-9-17(21)19-11-14-4-6-15(12-20)7-5-14/h1-10,20H,11-12H2,(H,19,21)/b9-8+. The lowest BCUT2D eigenvalue weighted by atomic mass is 10.1. The van der Waals surface area contributed by atoms with Gasteiger partial charge in [0, 0.05) is 17.1 Å². The molecule has 3 nitrogen and oxygen atoms in total. The SMILES string of the molecule is O=C(/C=C/c1cccc(Br)c1)NCc1ccc(CO)cc1. The van der Waals surface area contributed by atoms with E-state index in [1.54, 1.807) is 6.08 Å². The number of carbonyl (C=O) groups excluding carboxylic acids is 1. The average molecular weight is 346 g/mol. The summed E-state index contributed by atoms with van der Waals surface area (Å²) in [6.07, 6.45) is 3.29. The second-order valence-electron chi connectivity index (χ2n) is 4.58. The van der Waals surface area contributed by atoms with Crippen molar-refractivity contribution in [2.24, 2.45) is 0 Å². The fourth-order valence-corrected chi connectivity index (χ4v) is 2.21. The maximum atomic E-state index is 11.7. The zero-order valence-corrected chi connectivity index (χ0v) is 13.0. The molecule has 0 radical (unpaired) electrons. The summed E-state index contributed by atoms with van der Waals surface area (Å²) in [6, 6.07) is 15.2. The van der Waals surface area contributed by atoms with E-state index in [9.17, 15) is 4.79 Å². The van der Waals surface area contributed by atoms with Gasteiger partial charge in [-0.1, -0.05) is 52.3 Å². The van der Waals surface area contributed by atoms with Crippen LogP contribution in [0.4, 0.5) is 0 Å². The Balaban J connectivity index is 1.86. The Kier molecular flexibility index (Phi) is 5.72. The molecule has 0 saturated carbocycles. The lowest BCUT2D eigenvalue weighted by Crippen LogP contribution is -2.20. The first-order valence-corrected chi connectivity index (χ1v) is 7.37. The molecule has 0 saturated heterocycles. The normalized spacial score (nSPS) is 10.8. The molecule has 0 aliphatic rings. The number of halogens is 1.